The molecule has 0 amide bonds. The van der Waals surface area contributed by atoms with Crippen molar-refractivity contribution in [2.45, 2.75) is 38.7 Å². The number of hydrogen-bond acceptors (Lipinski definition) is 4. The Morgan fingerprint density at radius 2 is 2.03 bits per heavy atom. The van der Waals surface area contributed by atoms with Crippen molar-refractivity contribution in [3.63, 3.8) is 0 Å². The molecule has 2 heterocycles. The predicted octanol–water partition coefficient (Wildman–Crippen LogP) is 5.08. The fraction of sp³-hybridized carbons (Fsp3) is 0.423. The Labute approximate surface area is 181 Å². The van der Waals surface area contributed by atoms with E-state index in [1.165, 1.54) is 12.1 Å². The molecule has 2 aliphatic carbocycles. The zero-order valence-electron chi connectivity index (χ0n) is 17.5. The van der Waals surface area contributed by atoms with Crippen LogP contribution in [0, 0.1) is 35.4 Å². The highest BCUT2D eigenvalue weighted by atomic mass is 19.1. The van der Waals surface area contributed by atoms with Gasteiger partial charge in [0, 0.05) is 30.5 Å². The van der Waals surface area contributed by atoms with Gasteiger partial charge in [-0.25, -0.2) is 4.39 Å². The molecule has 0 N–H and O–H groups in total. The van der Waals surface area contributed by atoms with E-state index in [2.05, 4.69) is 11.1 Å². The zero-order valence-corrected chi connectivity index (χ0v) is 17.5. The first kappa shape index (κ1) is 20.1. The quantitative estimate of drug-likeness (QED) is 0.651. The topological polar surface area (TPSA) is 56.3 Å². The molecule has 160 valence electrons. The third-order valence-corrected chi connectivity index (χ3v) is 7.39. The highest BCUT2D eigenvalue weighted by Gasteiger charge is 2.54. The van der Waals surface area contributed by atoms with Crippen LogP contribution in [0.4, 0.5) is 4.39 Å². The highest BCUT2D eigenvalue weighted by Crippen LogP contribution is 2.53. The Morgan fingerprint density at radius 1 is 1.16 bits per heavy atom. The number of ether oxygens (including phenoxy) is 1. The Bertz CT molecular complexity index is 1030. The van der Waals surface area contributed by atoms with Gasteiger partial charge in [0.2, 0.25) is 0 Å². The summed E-state index contributed by atoms with van der Waals surface area (Å²) in [5.41, 5.74) is 2.48. The van der Waals surface area contributed by atoms with Crippen molar-refractivity contribution in [1.29, 1.82) is 0 Å². The molecule has 5 heteroatoms. The maximum absolute atomic E-state index is 13.5. The van der Waals surface area contributed by atoms with Crippen LogP contribution >= 0.6 is 0 Å². The first-order valence-corrected chi connectivity index (χ1v) is 11.1. The van der Waals surface area contributed by atoms with Gasteiger partial charge in [-0.05, 0) is 67.4 Å². The smallest absolute Gasteiger partial charge is 0.309 e. The summed E-state index contributed by atoms with van der Waals surface area (Å²) in [4.78, 5) is 29.0. The summed E-state index contributed by atoms with van der Waals surface area (Å²) in [5, 5.41) is 0. The minimum absolute atomic E-state index is 0.103. The average Bonchev–Trinajstić information content (AvgIpc) is 3.04. The molecule has 0 unspecified atom stereocenters. The fourth-order valence-electron chi connectivity index (χ4n) is 5.98. The zero-order chi connectivity index (χ0) is 21.5. The van der Waals surface area contributed by atoms with Crippen LogP contribution in [0.3, 0.4) is 0 Å². The molecule has 5 rings (SSSR count). The molecular formula is C26H26FNO3. The van der Waals surface area contributed by atoms with Gasteiger partial charge in [0.15, 0.2) is 0 Å². The SMILES string of the molecule is C[C@H]1OC(=O)[C@@H]2C[C@@H]3CC(=O)CC[C@H]3[C@H](/C=C/c3ccc(-c4cccc(F)c4)cn3)[C@H]12. The maximum Gasteiger partial charge on any atom is 0.309 e. The van der Waals surface area contributed by atoms with Crippen LogP contribution in [-0.2, 0) is 14.3 Å². The average molecular weight is 419 g/mol. The van der Waals surface area contributed by atoms with E-state index in [9.17, 15) is 14.0 Å². The van der Waals surface area contributed by atoms with Crippen molar-refractivity contribution in [2.24, 2.45) is 29.6 Å². The van der Waals surface area contributed by atoms with Gasteiger partial charge in [0.25, 0.3) is 0 Å². The minimum atomic E-state index is -0.267. The van der Waals surface area contributed by atoms with Gasteiger partial charge < -0.3 is 4.74 Å². The molecule has 3 fully saturated rings. The molecule has 6 atom stereocenters. The highest BCUT2D eigenvalue weighted by molar-refractivity contribution is 5.80. The van der Waals surface area contributed by atoms with Crippen molar-refractivity contribution in [2.75, 3.05) is 0 Å². The van der Waals surface area contributed by atoms with Gasteiger partial charge in [-0.1, -0.05) is 24.3 Å². The second-order valence-corrected chi connectivity index (χ2v) is 9.19. The molecule has 2 saturated carbocycles. The summed E-state index contributed by atoms with van der Waals surface area (Å²) in [6.07, 6.45) is 8.73. The molecule has 2 aromatic rings. The second-order valence-electron chi connectivity index (χ2n) is 9.19. The number of ketones is 1. The van der Waals surface area contributed by atoms with Gasteiger partial charge >= 0.3 is 5.97 Å². The van der Waals surface area contributed by atoms with Gasteiger partial charge in [-0.3, -0.25) is 14.6 Å². The molecule has 3 aliphatic rings. The third kappa shape index (κ3) is 3.82. The number of nitrogens with zero attached hydrogens (tertiary/aromatic N) is 1. The van der Waals surface area contributed by atoms with Crippen LogP contribution in [-0.4, -0.2) is 22.8 Å². The lowest BCUT2D eigenvalue weighted by molar-refractivity contribution is -0.144. The molecule has 1 aliphatic heterocycles. The van der Waals surface area contributed by atoms with E-state index in [0.29, 0.717) is 24.5 Å². The van der Waals surface area contributed by atoms with Gasteiger partial charge in [0.05, 0.1) is 11.6 Å². The van der Waals surface area contributed by atoms with Crippen molar-refractivity contribution < 1.29 is 18.7 Å². The Hall–Kier alpha value is -2.82. The number of hydrogen-bond donors (Lipinski definition) is 0. The molecule has 0 radical (unpaired) electrons. The second kappa shape index (κ2) is 8.03. The molecule has 1 aromatic carbocycles. The van der Waals surface area contributed by atoms with Crippen LogP contribution in [0.25, 0.3) is 17.2 Å². The Kier molecular flexibility index (Phi) is 5.20. The lowest BCUT2D eigenvalue weighted by Gasteiger charge is -2.45. The lowest BCUT2D eigenvalue weighted by atomic mass is 9.57. The summed E-state index contributed by atoms with van der Waals surface area (Å²) >= 11 is 0. The van der Waals surface area contributed by atoms with E-state index < -0.39 is 0 Å². The van der Waals surface area contributed by atoms with Gasteiger partial charge in [0.1, 0.15) is 17.7 Å². The number of fused-ring (bicyclic) bond motifs is 2. The van der Waals surface area contributed by atoms with Crippen LogP contribution in [0.2, 0.25) is 0 Å². The van der Waals surface area contributed by atoms with Crippen LogP contribution in [0.1, 0.15) is 38.3 Å². The molecule has 1 aromatic heterocycles. The predicted molar refractivity (Wildman–Crippen MR) is 115 cm³/mol. The monoisotopic (exact) mass is 419 g/mol. The normalized spacial score (nSPS) is 32.6. The maximum atomic E-state index is 13.5. The van der Waals surface area contributed by atoms with Crippen molar-refractivity contribution in [1.82, 2.24) is 4.98 Å². The minimum Gasteiger partial charge on any atom is -0.462 e. The molecule has 31 heavy (non-hydrogen) atoms. The largest absolute Gasteiger partial charge is 0.462 e. The first-order valence-electron chi connectivity index (χ1n) is 11.1. The number of carbonyl (C=O) groups is 2. The van der Waals surface area contributed by atoms with Crippen LogP contribution in [0.5, 0.6) is 0 Å². The van der Waals surface area contributed by atoms with E-state index >= 15 is 0 Å². The standard InChI is InChI=1S/C26H26FNO3/c1-15-25-23(22-10-8-21(29)12-18(22)13-24(25)26(30)31-15)9-7-20-6-5-17(14-28-20)16-3-2-4-19(27)11-16/h2-7,9,11,14-15,18,22-25H,8,10,12-13H2,1H3/b9-7+/t15-,18+,22-,23+,24-,25+/m1/s1. The number of cyclic esters (lactones) is 1. The van der Waals surface area contributed by atoms with Gasteiger partial charge in [-0.15, -0.1) is 0 Å². The molecule has 0 bridgehead atoms. The number of esters is 1. The van der Waals surface area contributed by atoms with Crippen molar-refractivity contribution >= 4 is 17.8 Å². The number of rotatable bonds is 3. The molecule has 4 nitrogen and oxygen atoms in total. The van der Waals surface area contributed by atoms with Gasteiger partial charge in [-0.2, -0.15) is 0 Å². The van der Waals surface area contributed by atoms with Crippen molar-refractivity contribution in [3.8, 4) is 11.1 Å². The lowest BCUT2D eigenvalue weighted by Crippen LogP contribution is -2.44. The van der Waals surface area contributed by atoms with Crippen LogP contribution in [0.15, 0.2) is 48.7 Å². The summed E-state index contributed by atoms with van der Waals surface area (Å²) in [5.74, 6) is 0.850. The van der Waals surface area contributed by atoms with Crippen LogP contribution < -0.4 is 0 Å². The number of pyridine rings is 1. The van der Waals surface area contributed by atoms with Crippen molar-refractivity contribution in [3.05, 3.63) is 60.2 Å². The molecule has 1 saturated heterocycles. The first-order chi connectivity index (χ1) is 15.0. The summed E-state index contributed by atoms with van der Waals surface area (Å²) in [7, 11) is 0. The molecule has 0 spiro atoms. The summed E-state index contributed by atoms with van der Waals surface area (Å²) < 4.78 is 19.1. The Morgan fingerprint density at radius 3 is 2.81 bits per heavy atom. The number of aromatic nitrogens is 1. The Balaban J connectivity index is 1.40. The summed E-state index contributed by atoms with van der Waals surface area (Å²) in [6, 6.07) is 10.3. The number of allylic oxidation sites excluding steroid dienone is 1. The summed E-state index contributed by atoms with van der Waals surface area (Å²) in [6.45, 7) is 1.99. The number of Topliss-reactive ketones (excluding diaryl/α,β-unsaturated/α-hetero) is 1. The van der Waals surface area contributed by atoms with E-state index in [4.69, 9.17) is 4.74 Å². The molecular weight excluding hydrogens is 393 g/mol. The number of carbonyl (C=O) groups excluding carboxylic acids is 2. The van der Waals surface area contributed by atoms with E-state index in [1.807, 2.05) is 31.2 Å². The van der Waals surface area contributed by atoms with E-state index in [1.54, 1.807) is 12.3 Å². The number of benzene rings is 1. The number of halogens is 1. The third-order valence-electron chi connectivity index (χ3n) is 7.39. The van der Waals surface area contributed by atoms with E-state index in [-0.39, 0.29) is 41.6 Å². The fourth-order valence-corrected chi connectivity index (χ4v) is 5.98. The van der Waals surface area contributed by atoms with E-state index in [0.717, 1.165) is 29.7 Å².